The minimum Gasteiger partial charge on any atom is -0.481 e. The minimum atomic E-state index is -0.924. The molecule has 0 heterocycles. The molecule has 2 rings (SSSR count). The molecule has 0 spiro atoms. The molecule has 1 saturated carbocycles. The zero-order valence-electron chi connectivity index (χ0n) is 11.9. The number of carbonyl (C=O) groups is 3. The highest BCUT2D eigenvalue weighted by atomic mass is 16.4. The topological polar surface area (TPSA) is 77.9 Å². The molecule has 2 amide bonds. The van der Waals surface area contributed by atoms with E-state index in [1.54, 1.807) is 21.1 Å². The van der Waals surface area contributed by atoms with Crippen LogP contribution in [0.3, 0.4) is 0 Å². The summed E-state index contributed by atoms with van der Waals surface area (Å²) in [6.45, 7) is -0.0181. The molecule has 0 saturated heterocycles. The van der Waals surface area contributed by atoms with E-state index in [-0.39, 0.29) is 30.2 Å². The van der Waals surface area contributed by atoms with Crippen LogP contribution in [0.4, 0.5) is 0 Å². The quantitative estimate of drug-likeness (QED) is 0.738. The van der Waals surface area contributed by atoms with Gasteiger partial charge in [-0.15, -0.1) is 0 Å². The maximum absolute atomic E-state index is 12.5. The number of hydrogen-bond acceptors (Lipinski definition) is 3. The highest BCUT2D eigenvalue weighted by molar-refractivity contribution is 5.89. The van der Waals surface area contributed by atoms with E-state index in [4.69, 9.17) is 0 Å². The average molecular weight is 280 g/mol. The van der Waals surface area contributed by atoms with E-state index in [0.29, 0.717) is 0 Å². The summed E-state index contributed by atoms with van der Waals surface area (Å²) in [5.74, 6) is -2.60. The van der Waals surface area contributed by atoms with Crippen molar-refractivity contribution in [2.75, 3.05) is 27.7 Å². The van der Waals surface area contributed by atoms with Gasteiger partial charge in [0.25, 0.3) is 0 Å². The van der Waals surface area contributed by atoms with E-state index in [2.05, 4.69) is 0 Å². The summed E-state index contributed by atoms with van der Waals surface area (Å²) in [5, 5.41) is 9.33. The first kappa shape index (κ1) is 14.6. The molecule has 1 fully saturated rings. The number of carboxylic acid groups (broad SMARTS) is 1. The lowest BCUT2D eigenvalue weighted by atomic mass is 9.82. The molecule has 6 heteroatoms. The van der Waals surface area contributed by atoms with Gasteiger partial charge in [0.2, 0.25) is 11.8 Å². The predicted octanol–water partition coefficient (Wildman–Crippen LogP) is 0.0559. The summed E-state index contributed by atoms with van der Waals surface area (Å²) in [6, 6.07) is 0. The molecule has 4 unspecified atom stereocenters. The summed E-state index contributed by atoms with van der Waals surface area (Å²) in [4.78, 5) is 38.3. The number of fused-ring (bicyclic) bond motifs is 2. The molecule has 2 bridgehead atoms. The third-order valence-electron chi connectivity index (χ3n) is 4.28. The number of rotatable bonds is 4. The van der Waals surface area contributed by atoms with Crippen molar-refractivity contribution in [3.05, 3.63) is 12.2 Å². The normalized spacial score (nSPS) is 30.4. The number of allylic oxidation sites excluding steroid dienone is 2. The SMILES string of the molecule is CN(C)C(=O)CN(C)C(=O)C1C2C=CC(C2)C1C(=O)O. The Balaban J connectivity index is 2.10. The van der Waals surface area contributed by atoms with Crippen molar-refractivity contribution < 1.29 is 19.5 Å². The Labute approximate surface area is 118 Å². The Bertz CT molecular complexity index is 472. The second-order valence-corrected chi connectivity index (χ2v) is 5.82. The minimum absolute atomic E-state index is 0.00879. The van der Waals surface area contributed by atoms with E-state index in [9.17, 15) is 19.5 Å². The summed E-state index contributed by atoms with van der Waals surface area (Å²) in [6.07, 6.45) is 4.56. The molecule has 20 heavy (non-hydrogen) atoms. The van der Waals surface area contributed by atoms with E-state index >= 15 is 0 Å². The van der Waals surface area contributed by atoms with Crippen molar-refractivity contribution in [3.8, 4) is 0 Å². The largest absolute Gasteiger partial charge is 0.481 e. The van der Waals surface area contributed by atoms with Gasteiger partial charge in [-0.1, -0.05) is 12.2 Å². The second-order valence-electron chi connectivity index (χ2n) is 5.82. The fraction of sp³-hybridized carbons (Fsp3) is 0.643. The fourth-order valence-corrected chi connectivity index (χ4v) is 3.17. The molecule has 0 aliphatic heterocycles. The Hall–Kier alpha value is -1.85. The lowest BCUT2D eigenvalue weighted by Crippen LogP contribution is -2.44. The monoisotopic (exact) mass is 280 g/mol. The van der Waals surface area contributed by atoms with Gasteiger partial charge in [-0.05, 0) is 18.3 Å². The predicted molar refractivity (Wildman–Crippen MR) is 71.7 cm³/mol. The zero-order chi connectivity index (χ0) is 15.0. The molecule has 110 valence electrons. The van der Waals surface area contributed by atoms with Gasteiger partial charge < -0.3 is 14.9 Å². The Morgan fingerprint density at radius 1 is 1.10 bits per heavy atom. The van der Waals surface area contributed by atoms with Crippen molar-refractivity contribution in [3.63, 3.8) is 0 Å². The first-order valence-corrected chi connectivity index (χ1v) is 6.69. The van der Waals surface area contributed by atoms with Gasteiger partial charge in [0.15, 0.2) is 0 Å². The highest BCUT2D eigenvalue weighted by Gasteiger charge is 2.52. The van der Waals surface area contributed by atoms with Crippen molar-refractivity contribution in [2.24, 2.45) is 23.7 Å². The maximum atomic E-state index is 12.5. The molecule has 0 aromatic carbocycles. The van der Waals surface area contributed by atoms with Gasteiger partial charge in [0, 0.05) is 21.1 Å². The molecule has 1 N–H and O–H groups in total. The Kier molecular flexibility index (Phi) is 3.83. The van der Waals surface area contributed by atoms with E-state index in [1.807, 2.05) is 12.2 Å². The fourth-order valence-electron chi connectivity index (χ4n) is 3.17. The number of amides is 2. The van der Waals surface area contributed by atoms with Crippen LogP contribution in [0.15, 0.2) is 12.2 Å². The van der Waals surface area contributed by atoms with Crippen molar-refractivity contribution in [1.82, 2.24) is 9.80 Å². The maximum Gasteiger partial charge on any atom is 0.307 e. The third-order valence-corrected chi connectivity index (χ3v) is 4.28. The summed E-state index contributed by atoms with van der Waals surface area (Å²) in [7, 11) is 4.81. The van der Waals surface area contributed by atoms with Crippen LogP contribution in [0.2, 0.25) is 0 Å². The van der Waals surface area contributed by atoms with E-state index < -0.39 is 17.8 Å². The van der Waals surface area contributed by atoms with Gasteiger partial charge in [-0.3, -0.25) is 14.4 Å². The Morgan fingerprint density at radius 3 is 2.15 bits per heavy atom. The molecule has 0 aromatic rings. The second kappa shape index (κ2) is 5.26. The molecular weight excluding hydrogens is 260 g/mol. The lowest BCUT2D eigenvalue weighted by Gasteiger charge is -2.28. The van der Waals surface area contributed by atoms with Crippen LogP contribution in [0.5, 0.6) is 0 Å². The van der Waals surface area contributed by atoms with Crippen LogP contribution in [0, 0.1) is 23.7 Å². The van der Waals surface area contributed by atoms with Gasteiger partial charge >= 0.3 is 5.97 Å². The smallest absolute Gasteiger partial charge is 0.307 e. The number of likely N-dealkylation sites (N-methyl/N-ethyl adjacent to an activating group) is 2. The van der Waals surface area contributed by atoms with Crippen LogP contribution in [-0.2, 0) is 14.4 Å². The number of hydrogen-bond donors (Lipinski definition) is 1. The molecule has 0 aromatic heterocycles. The van der Waals surface area contributed by atoms with Crippen molar-refractivity contribution >= 4 is 17.8 Å². The van der Waals surface area contributed by atoms with E-state index in [0.717, 1.165) is 6.42 Å². The summed E-state index contributed by atoms with van der Waals surface area (Å²) >= 11 is 0. The highest BCUT2D eigenvalue weighted by Crippen LogP contribution is 2.48. The molecule has 4 atom stereocenters. The van der Waals surface area contributed by atoms with Crippen LogP contribution >= 0.6 is 0 Å². The van der Waals surface area contributed by atoms with Crippen molar-refractivity contribution in [2.45, 2.75) is 6.42 Å². The van der Waals surface area contributed by atoms with Gasteiger partial charge in [-0.25, -0.2) is 0 Å². The molecule has 6 nitrogen and oxygen atoms in total. The van der Waals surface area contributed by atoms with Gasteiger partial charge in [0.05, 0.1) is 18.4 Å². The van der Waals surface area contributed by atoms with Gasteiger partial charge in [-0.2, -0.15) is 0 Å². The molecule has 2 aliphatic carbocycles. The number of carbonyl (C=O) groups excluding carboxylic acids is 2. The third kappa shape index (κ3) is 2.42. The van der Waals surface area contributed by atoms with Crippen LogP contribution in [0.25, 0.3) is 0 Å². The van der Waals surface area contributed by atoms with Crippen LogP contribution < -0.4 is 0 Å². The number of nitrogens with zero attached hydrogens (tertiary/aromatic N) is 2. The lowest BCUT2D eigenvalue weighted by molar-refractivity contribution is -0.151. The van der Waals surface area contributed by atoms with Crippen LogP contribution in [0.1, 0.15) is 6.42 Å². The first-order chi connectivity index (χ1) is 9.32. The number of aliphatic carboxylic acids is 1. The average Bonchev–Trinajstić information content (AvgIpc) is 2.97. The standard InChI is InChI=1S/C14H20N2O4/c1-15(2)10(17)7-16(3)13(18)11-8-4-5-9(6-8)12(11)14(19)20/h4-5,8-9,11-12H,6-7H2,1-3H3,(H,19,20). The van der Waals surface area contributed by atoms with Crippen LogP contribution in [-0.4, -0.2) is 60.4 Å². The van der Waals surface area contributed by atoms with E-state index in [1.165, 1.54) is 9.80 Å². The summed E-state index contributed by atoms with van der Waals surface area (Å²) < 4.78 is 0. The zero-order valence-corrected chi connectivity index (χ0v) is 11.9. The van der Waals surface area contributed by atoms with Gasteiger partial charge in [0.1, 0.15) is 0 Å². The molecule has 2 aliphatic rings. The molecule has 0 radical (unpaired) electrons. The summed E-state index contributed by atoms with van der Waals surface area (Å²) in [5.41, 5.74) is 0. The van der Waals surface area contributed by atoms with Crippen molar-refractivity contribution in [1.29, 1.82) is 0 Å². The first-order valence-electron chi connectivity index (χ1n) is 6.69. The Morgan fingerprint density at radius 2 is 1.65 bits per heavy atom. The number of carboxylic acids is 1. The molecular formula is C14H20N2O4.